The van der Waals surface area contributed by atoms with Gasteiger partial charge < -0.3 is 30.7 Å². The van der Waals surface area contributed by atoms with Gasteiger partial charge in [-0.15, -0.1) is 0 Å². The Morgan fingerprint density at radius 3 is 2.57 bits per heavy atom. The van der Waals surface area contributed by atoms with E-state index in [-0.39, 0.29) is 17.7 Å². The Bertz CT molecular complexity index is 893. The number of rotatable bonds is 15. The van der Waals surface area contributed by atoms with Gasteiger partial charge in [0.1, 0.15) is 18.4 Å². The standard InChI is InChI=1S/C28H44N4O5/c1-5-30-26(34)25(28(2,3)36)32(4)27(35)24(22-13-7-6-8-14-22)31-18-19-37-23-16-10-9-12-21(23)15-11-17-29-20-33/h9-12,15-16,20,22,24-25,31,36H,5-8,13-14,17-19H2,1-4H3,(H,29,33)(H,30,34)/b15-11+. The molecule has 1 aromatic carbocycles. The van der Waals surface area contributed by atoms with E-state index in [0.29, 0.717) is 38.4 Å². The first kappa shape index (κ1) is 30.3. The van der Waals surface area contributed by atoms with Crippen molar-refractivity contribution in [2.75, 3.05) is 33.3 Å². The molecule has 3 amide bonds. The van der Waals surface area contributed by atoms with Gasteiger partial charge in [0.15, 0.2) is 0 Å². The zero-order chi connectivity index (χ0) is 27.3. The highest BCUT2D eigenvalue weighted by molar-refractivity contribution is 5.90. The molecule has 1 aromatic rings. The van der Waals surface area contributed by atoms with Crippen LogP contribution >= 0.6 is 0 Å². The Balaban J connectivity index is 2.09. The maximum absolute atomic E-state index is 13.7. The van der Waals surface area contributed by atoms with E-state index in [9.17, 15) is 19.5 Å². The third-order valence-corrected chi connectivity index (χ3v) is 6.65. The average Bonchev–Trinajstić information content (AvgIpc) is 2.87. The fraction of sp³-hybridized carbons (Fsp3) is 0.607. The van der Waals surface area contributed by atoms with Gasteiger partial charge in [0.05, 0.1) is 11.6 Å². The van der Waals surface area contributed by atoms with Crippen LogP contribution in [0.4, 0.5) is 0 Å². The number of nitrogens with zero attached hydrogens (tertiary/aromatic N) is 1. The Hall–Kier alpha value is -2.91. The molecule has 0 aromatic heterocycles. The Kier molecular flexibility index (Phi) is 12.6. The molecule has 0 spiro atoms. The van der Waals surface area contributed by atoms with E-state index in [1.807, 2.05) is 43.3 Å². The summed E-state index contributed by atoms with van der Waals surface area (Å²) >= 11 is 0. The number of carbonyl (C=O) groups excluding carboxylic acids is 3. The van der Waals surface area contributed by atoms with Crippen molar-refractivity contribution in [1.29, 1.82) is 0 Å². The van der Waals surface area contributed by atoms with Crippen LogP contribution in [0.1, 0.15) is 58.4 Å². The second-order valence-corrected chi connectivity index (χ2v) is 10.0. The maximum atomic E-state index is 13.7. The number of amides is 3. The van der Waals surface area contributed by atoms with Gasteiger partial charge >= 0.3 is 0 Å². The Morgan fingerprint density at radius 1 is 1.22 bits per heavy atom. The highest BCUT2D eigenvalue weighted by Gasteiger charge is 2.42. The zero-order valence-electron chi connectivity index (χ0n) is 22.7. The summed E-state index contributed by atoms with van der Waals surface area (Å²) in [4.78, 5) is 38.3. The lowest BCUT2D eigenvalue weighted by atomic mass is 9.83. The molecule has 1 aliphatic carbocycles. The Morgan fingerprint density at radius 2 is 1.92 bits per heavy atom. The molecule has 0 radical (unpaired) electrons. The van der Waals surface area contributed by atoms with Crippen LogP contribution in [-0.4, -0.2) is 79.2 Å². The van der Waals surface area contributed by atoms with Crippen LogP contribution in [0.25, 0.3) is 6.08 Å². The van der Waals surface area contributed by atoms with Gasteiger partial charge in [-0.05, 0) is 45.6 Å². The van der Waals surface area contributed by atoms with E-state index in [1.165, 1.54) is 4.90 Å². The molecule has 1 aliphatic rings. The summed E-state index contributed by atoms with van der Waals surface area (Å²) in [5.41, 5.74) is -0.507. The third kappa shape index (κ3) is 9.48. The highest BCUT2D eigenvalue weighted by Crippen LogP contribution is 2.28. The van der Waals surface area contributed by atoms with Crippen molar-refractivity contribution < 1.29 is 24.2 Å². The number of aliphatic hydroxyl groups is 1. The van der Waals surface area contributed by atoms with Crippen molar-refractivity contribution in [1.82, 2.24) is 20.9 Å². The first-order chi connectivity index (χ1) is 17.7. The third-order valence-electron chi connectivity index (χ3n) is 6.65. The summed E-state index contributed by atoms with van der Waals surface area (Å²) in [5.74, 6) is 0.296. The van der Waals surface area contributed by atoms with E-state index >= 15 is 0 Å². The van der Waals surface area contributed by atoms with Crippen LogP contribution in [-0.2, 0) is 14.4 Å². The molecular formula is C28H44N4O5. The van der Waals surface area contributed by atoms with E-state index in [1.54, 1.807) is 20.9 Å². The lowest BCUT2D eigenvalue weighted by molar-refractivity contribution is -0.150. The van der Waals surface area contributed by atoms with Gasteiger partial charge in [-0.3, -0.25) is 14.4 Å². The van der Waals surface area contributed by atoms with Crippen LogP contribution in [0.5, 0.6) is 5.75 Å². The van der Waals surface area contributed by atoms with Crippen molar-refractivity contribution in [2.24, 2.45) is 5.92 Å². The van der Waals surface area contributed by atoms with E-state index < -0.39 is 17.7 Å². The van der Waals surface area contributed by atoms with Gasteiger partial charge in [-0.2, -0.15) is 0 Å². The van der Waals surface area contributed by atoms with Crippen LogP contribution in [0.3, 0.4) is 0 Å². The summed E-state index contributed by atoms with van der Waals surface area (Å²) in [6.07, 6.45) is 9.56. The monoisotopic (exact) mass is 516 g/mol. The molecule has 1 saturated carbocycles. The van der Waals surface area contributed by atoms with Gasteiger partial charge in [0, 0.05) is 32.2 Å². The second-order valence-electron chi connectivity index (χ2n) is 10.0. The molecule has 0 bridgehead atoms. The summed E-state index contributed by atoms with van der Waals surface area (Å²) in [7, 11) is 1.59. The largest absolute Gasteiger partial charge is 0.492 e. The summed E-state index contributed by atoms with van der Waals surface area (Å²) in [6.45, 7) is 6.55. The van der Waals surface area contributed by atoms with Crippen LogP contribution in [0, 0.1) is 5.92 Å². The number of benzene rings is 1. The fourth-order valence-electron chi connectivity index (χ4n) is 4.94. The minimum atomic E-state index is -1.40. The van der Waals surface area contributed by atoms with Crippen molar-refractivity contribution in [3.8, 4) is 5.75 Å². The molecule has 1 fully saturated rings. The van der Waals surface area contributed by atoms with Gasteiger partial charge in [0.25, 0.3) is 0 Å². The van der Waals surface area contributed by atoms with Gasteiger partial charge in [-0.25, -0.2) is 0 Å². The normalized spacial score (nSPS) is 16.1. The SMILES string of the molecule is CCNC(=O)C(N(C)C(=O)C(NCCOc1ccccc1/C=C/CNC=O)C1CCCCC1)C(C)(C)O. The smallest absolute Gasteiger partial charge is 0.245 e. The van der Waals surface area contributed by atoms with Crippen molar-refractivity contribution in [2.45, 2.75) is 70.6 Å². The number of ether oxygens (including phenoxy) is 1. The molecule has 37 heavy (non-hydrogen) atoms. The molecule has 2 unspecified atom stereocenters. The quantitative estimate of drug-likeness (QED) is 0.209. The van der Waals surface area contributed by atoms with Crippen LogP contribution < -0.4 is 20.7 Å². The molecular weight excluding hydrogens is 472 g/mol. The zero-order valence-corrected chi connectivity index (χ0v) is 22.7. The van der Waals surface area contributed by atoms with Crippen molar-refractivity contribution >= 4 is 24.3 Å². The first-order valence-corrected chi connectivity index (χ1v) is 13.3. The summed E-state index contributed by atoms with van der Waals surface area (Å²) < 4.78 is 6.01. The second kappa shape index (κ2) is 15.4. The molecule has 0 saturated heterocycles. The molecule has 9 nitrogen and oxygen atoms in total. The number of nitrogens with one attached hydrogen (secondary N) is 3. The molecule has 0 aliphatic heterocycles. The maximum Gasteiger partial charge on any atom is 0.245 e. The van der Waals surface area contributed by atoms with Crippen molar-refractivity contribution in [3.05, 3.63) is 35.9 Å². The number of likely N-dealkylation sites (N-methyl/N-ethyl adjacent to an activating group) is 2. The molecule has 206 valence electrons. The molecule has 2 rings (SSSR count). The summed E-state index contributed by atoms with van der Waals surface area (Å²) in [6, 6.07) is 6.14. The molecule has 4 N–H and O–H groups in total. The summed E-state index contributed by atoms with van der Waals surface area (Å²) in [5, 5.41) is 19.5. The number of carbonyl (C=O) groups is 3. The Labute approximate surface area is 221 Å². The number of hydrogen-bond donors (Lipinski definition) is 4. The van der Waals surface area contributed by atoms with Crippen molar-refractivity contribution in [3.63, 3.8) is 0 Å². The highest BCUT2D eigenvalue weighted by atomic mass is 16.5. The molecule has 2 atom stereocenters. The average molecular weight is 517 g/mol. The van der Waals surface area contributed by atoms with E-state index in [4.69, 9.17) is 4.74 Å². The lowest BCUT2D eigenvalue weighted by Gasteiger charge is -2.39. The minimum absolute atomic E-state index is 0.154. The molecule has 9 heteroatoms. The minimum Gasteiger partial charge on any atom is -0.492 e. The van der Waals surface area contributed by atoms with E-state index in [2.05, 4.69) is 16.0 Å². The number of hydrogen-bond acceptors (Lipinski definition) is 6. The topological polar surface area (TPSA) is 120 Å². The number of para-hydroxylation sites is 1. The predicted octanol–water partition coefficient (Wildman–Crippen LogP) is 2.10. The molecule has 0 heterocycles. The first-order valence-electron chi connectivity index (χ1n) is 13.3. The lowest BCUT2D eigenvalue weighted by Crippen LogP contribution is -2.62. The predicted molar refractivity (Wildman–Crippen MR) is 145 cm³/mol. The van der Waals surface area contributed by atoms with Crippen LogP contribution in [0.15, 0.2) is 30.3 Å². The van der Waals surface area contributed by atoms with Crippen LogP contribution in [0.2, 0.25) is 0 Å². The fourth-order valence-corrected chi connectivity index (χ4v) is 4.94. The van der Waals surface area contributed by atoms with E-state index in [0.717, 1.165) is 37.7 Å². The van der Waals surface area contributed by atoms with Gasteiger partial charge in [0.2, 0.25) is 18.2 Å². The van der Waals surface area contributed by atoms with Gasteiger partial charge in [-0.1, -0.05) is 49.6 Å².